The third kappa shape index (κ3) is 11.1. The van der Waals surface area contributed by atoms with E-state index in [0.29, 0.717) is 0 Å². The van der Waals surface area contributed by atoms with Crippen LogP contribution in [0.25, 0.3) is 0 Å². The van der Waals surface area contributed by atoms with Gasteiger partial charge < -0.3 is 25.0 Å². The molecule has 0 fully saturated rings. The fraction of sp³-hybridized carbons (Fsp3) is 0.500. The third-order valence-corrected chi connectivity index (χ3v) is 5.08. The molecule has 3 atom stereocenters. The number of aliphatic hydroxyl groups excluding tert-OH is 1. The second-order valence-electron chi connectivity index (χ2n) is 11.0. The molecule has 198 valence electrons. The van der Waals surface area contributed by atoms with Crippen LogP contribution in [0.4, 0.5) is 9.59 Å². The van der Waals surface area contributed by atoms with Gasteiger partial charge in [0.1, 0.15) is 16.9 Å². The molecule has 8 nitrogen and oxygen atoms in total. The van der Waals surface area contributed by atoms with Crippen LogP contribution in [-0.4, -0.2) is 51.5 Å². The second kappa shape index (κ2) is 12.2. The number of aliphatic hydroxyl groups is 2. The largest absolute Gasteiger partial charge is 0.444 e. The Bertz CT molecular complexity index is 969. The quantitative estimate of drug-likeness (QED) is 0.381. The molecule has 0 aromatic heterocycles. The van der Waals surface area contributed by atoms with E-state index in [9.17, 15) is 19.8 Å². The van der Waals surface area contributed by atoms with Gasteiger partial charge in [-0.15, -0.1) is 0 Å². The minimum atomic E-state index is -1.85. The van der Waals surface area contributed by atoms with Gasteiger partial charge in [-0.1, -0.05) is 60.7 Å². The Morgan fingerprint density at radius 2 is 1.28 bits per heavy atom. The van der Waals surface area contributed by atoms with Gasteiger partial charge in [-0.05, 0) is 59.1 Å². The fourth-order valence-electron chi connectivity index (χ4n) is 3.69. The van der Waals surface area contributed by atoms with Gasteiger partial charge in [-0.25, -0.2) is 9.59 Å². The van der Waals surface area contributed by atoms with Gasteiger partial charge in [0, 0.05) is 12.8 Å². The molecule has 0 aliphatic rings. The zero-order chi connectivity index (χ0) is 27.0. The molecule has 0 spiro atoms. The van der Waals surface area contributed by atoms with Crippen LogP contribution in [0.5, 0.6) is 0 Å². The first-order valence-electron chi connectivity index (χ1n) is 12.1. The molecule has 0 radical (unpaired) electrons. The number of alkyl carbamates (subject to hydrolysis) is 2. The minimum Gasteiger partial charge on any atom is -0.444 e. The molecule has 0 bridgehead atoms. The maximum Gasteiger partial charge on any atom is 0.409 e. The normalized spacial score (nSPS) is 15.2. The second-order valence-corrected chi connectivity index (χ2v) is 11.0. The first kappa shape index (κ1) is 29.1. The number of carbonyl (C=O) groups excluding carboxylic acids is 2. The van der Waals surface area contributed by atoms with E-state index in [-0.39, 0.29) is 19.3 Å². The van der Waals surface area contributed by atoms with E-state index in [1.54, 1.807) is 41.5 Å². The molecule has 2 amide bonds. The Hall–Kier alpha value is -3.10. The van der Waals surface area contributed by atoms with Crippen LogP contribution >= 0.6 is 0 Å². The van der Waals surface area contributed by atoms with Crippen LogP contribution in [0.3, 0.4) is 0 Å². The van der Waals surface area contributed by atoms with Crippen LogP contribution in [-0.2, 0) is 22.3 Å². The number of carbonyl (C=O) groups is 2. The summed E-state index contributed by atoms with van der Waals surface area (Å²) >= 11 is 0. The predicted octanol–water partition coefficient (Wildman–Crippen LogP) is 4.33. The molecule has 36 heavy (non-hydrogen) atoms. The molecule has 2 aromatic rings. The number of rotatable bonds is 9. The van der Waals surface area contributed by atoms with Crippen molar-refractivity contribution in [2.45, 2.75) is 89.9 Å². The Morgan fingerprint density at radius 1 is 0.806 bits per heavy atom. The first-order valence-corrected chi connectivity index (χ1v) is 12.1. The Balaban J connectivity index is 2.28. The van der Waals surface area contributed by atoms with Crippen LogP contribution in [0.2, 0.25) is 0 Å². The molecule has 0 saturated carbocycles. The van der Waals surface area contributed by atoms with Crippen molar-refractivity contribution in [1.82, 2.24) is 10.6 Å². The van der Waals surface area contributed by atoms with E-state index in [4.69, 9.17) is 9.47 Å². The predicted molar refractivity (Wildman–Crippen MR) is 138 cm³/mol. The van der Waals surface area contributed by atoms with Crippen LogP contribution in [0.15, 0.2) is 60.7 Å². The molecule has 8 heteroatoms. The summed E-state index contributed by atoms with van der Waals surface area (Å²) in [6.07, 6.45) is -2.69. The molecular weight excluding hydrogens is 460 g/mol. The van der Waals surface area contributed by atoms with E-state index in [1.165, 1.54) is 0 Å². The summed E-state index contributed by atoms with van der Waals surface area (Å²) in [4.78, 5) is 25.1. The van der Waals surface area contributed by atoms with Crippen molar-refractivity contribution in [3.63, 3.8) is 0 Å². The number of hydrogen-bond acceptors (Lipinski definition) is 6. The highest BCUT2D eigenvalue weighted by molar-refractivity contribution is 5.69. The van der Waals surface area contributed by atoms with Gasteiger partial charge in [0.05, 0.1) is 12.1 Å². The number of ether oxygens (including phenoxy) is 2. The number of benzene rings is 2. The monoisotopic (exact) mass is 500 g/mol. The van der Waals surface area contributed by atoms with E-state index in [2.05, 4.69) is 10.6 Å². The Morgan fingerprint density at radius 3 is 1.78 bits per heavy atom. The number of nitrogens with one attached hydrogen (secondary N) is 2. The summed E-state index contributed by atoms with van der Waals surface area (Å²) in [5.74, 6) is 0. The average molecular weight is 501 g/mol. The maximum atomic E-state index is 12.6. The van der Waals surface area contributed by atoms with E-state index >= 15 is 0 Å². The van der Waals surface area contributed by atoms with Gasteiger partial charge in [-0.2, -0.15) is 0 Å². The topological polar surface area (TPSA) is 117 Å². The number of hydrogen-bond donors (Lipinski definition) is 4. The lowest BCUT2D eigenvalue weighted by Crippen LogP contribution is -2.56. The van der Waals surface area contributed by atoms with Gasteiger partial charge >= 0.3 is 12.2 Å². The molecule has 4 N–H and O–H groups in total. The Kier molecular flexibility index (Phi) is 9.90. The molecule has 0 aliphatic carbocycles. The highest BCUT2D eigenvalue weighted by atomic mass is 16.6. The van der Waals surface area contributed by atoms with E-state index < -0.39 is 41.3 Å². The smallest absolute Gasteiger partial charge is 0.409 e. The highest BCUT2D eigenvalue weighted by Crippen LogP contribution is 2.22. The lowest BCUT2D eigenvalue weighted by molar-refractivity contribution is -0.0514. The summed E-state index contributed by atoms with van der Waals surface area (Å²) in [6, 6.07) is 17.7. The number of amides is 2. The SMILES string of the molecule is CC(C)(C)OC(=O)N[C@@H](Cc1ccccc1)[C@@H](O)C[C@@](O)(Cc1ccccc1)NC(=O)OC(C)(C)C. The summed E-state index contributed by atoms with van der Waals surface area (Å²) in [7, 11) is 0. The molecule has 2 aromatic carbocycles. The van der Waals surface area contributed by atoms with Crippen molar-refractivity contribution in [3.05, 3.63) is 71.8 Å². The first-order chi connectivity index (χ1) is 16.6. The zero-order valence-electron chi connectivity index (χ0n) is 22.1. The molecule has 0 aliphatic heterocycles. The van der Waals surface area contributed by atoms with Crippen molar-refractivity contribution in [2.75, 3.05) is 0 Å². The van der Waals surface area contributed by atoms with Crippen LogP contribution < -0.4 is 10.6 Å². The Labute approximate surface area is 214 Å². The molecule has 0 heterocycles. The maximum absolute atomic E-state index is 12.6. The van der Waals surface area contributed by atoms with Gasteiger partial charge in [0.2, 0.25) is 0 Å². The summed E-state index contributed by atoms with van der Waals surface area (Å²) in [5, 5.41) is 28.0. The van der Waals surface area contributed by atoms with Gasteiger partial charge in [0.15, 0.2) is 0 Å². The van der Waals surface area contributed by atoms with Crippen LogP contribution in [0, 0.1) is 0 Å². The van der Waals surface area contributed by atoms with Crippen molar-refractivity contribution >= 4 is 12.2 Å². The summed E-state index contributed by atoms with van der Waals surface area (Å²) in [6.45, 7) is 10.4. The molecule has 2 rings (SSSR count). The lowest BCUT2D eigenvalue weighted by Gasteiger charge is -2.35. The van der Waals surface area contributed by atoms with E-state index in [1.807, 2.05) is 60.7 Å². The van der Waals surface area contributed by atoms with E-state index in [0.717, 1.165) is 11.1 Å². The summed E-state index contributed by atoms with van der Waals surface area (Å²) < 4.78 is 10.7. The van der Waals surface area contributed by atoms with Crippen molar-refractivity contribution < 1.29 is 29.3 Å². The average Bonchev–Trinajstić information content (AvgIpc) is 2.71. The zero-order valence-corrected chi connectivity index (χ0v) is 22.1. The van der Waals surface area contributed by atoms with Gasteiger partial charge in [-0.3, -0.25) is 5.32 Å². The molecular formula is C28H40N2O6. The third-order valence-electron chi connectivity index (χ3n) is 5.08. The highest BCUT2D eigenvalue weighted by Gasteiger charge is 2.37. The van der Waals surface area contributed by atoms with Crippen molar-refractivity contribution in [3.8, 4) is 0 Å². The lowest BCUT2D eigenvalue weighted by atomic mass is 9.91. The molecule has 0 unspecified atom stereocenters. The van der Waals surface area contributed by atoms with Crippen molar-refractivity contribution in [1.29, 1.82) is 0 Å². The standard InChI is InChI=1S/C28H40N2O6/c1-26(2,3)35-24(32)29-22(17-20-13-9-7-10-14-20)23(31)19-28(34,18-21-15-11-8-12-16-21)30-25(33)36-27(4,5)6/h7-16,22-23,31,34H,17-19H2,1-6H3,(H,29,32)(H,30,33)/t22-,23-,28-/m0/s1. The fourth-order valence-corrected chi connectivity index (χ4v) is 3.69. The van der Waals surface area contributed by atoms with Crippen molar-refractivity contribution in [2.24, 2.45) is 0 Å². The van der Waals surface area contributed by atoms with Gasteiger partial charge in [0.25, 0.3) is 0 Å². The summed E-state index contributed by atoms with van der Waals surface area (Å²) in [5.41, 5.74) is -1.72. The van der Waals surface area contributed by atoms with Crippen LogP contribution in [0.1, 0.15) is 59.1 Å². The minimum absolute atomic E-state index is 0.0225. The molecule has 0 saturated heterocycles.